The van der Waals surface area contributed by atoms with Gasteiger partial charge in [-0.1, -0.05) is 43.7 Å². The van der Waals surface area contributed by atoms with E-state index in [4.69, 9.17) is 10.8 Å². The molecule has 17 heavy (non-hydrogen) atoms. The number of aliphatic hydroxyl groups excluding tert-OH is 1. The molecule has 3 N–H and O–H groups in total. The Morgan fingerprint density at radius 3 is 2.35 bits per heavy atom. The number of hydrogen-bond donors (Lipinski definition) is 2. The maximum atomic E-state index is 9.17. The Morgan fingerprint density at radius 1 is 1.29 bits per heavy atom. The molecule has 96 valence electrons. The molecule has 1 aromatic carbocycles. The molecule has 0 aliphatic rings. The first-order valence-electron chi connectivity index (χ1n) is 6.17. The lowest BCUT2D eigenvalue weighted by Crippen LogP contribution is -2.27. The predicted octanol–water partition coefficient (Wildman–Crippen LogP) is 2.89. The van der Waals surface area contributed by atoms with Gasteiger partial charge in [0.1, 0.15) is 0 Å². The van der Waals surface area contributed by atoms with Gasteiger partial charge in [-0.15, -0.1) is 11.8 Å². The van der Waals surface area contributed by atoms with E-state index in [1.165, 1.54) is 11.1 Å². The lowest BCUT2D eigenvalue weighted by Gasteiger charge is -2.25. The van der Waals surface area contributed by atoms with Crippen LogP contribution in [-0.4, -0.2) is 23.0 Å². The Kier molecular flexibility index (Phi) is 6.03. The van der Waals surface area contributed by atoms with Crippen LogP contribution in [0.15, 0.2) is 24.3 Å². The van der Waals surface area contributed by atoms with Crippen LogP contribution in [0, 0.1) is 6.92 Å². The fourth-order valence-corrected chi connectivity index (χ4v) is 2.99. The summed E-state index contributed by atoms with van der Waals surface area (Å²) < 4.78 is 0. The summed E-state index contributed by atoms with van der Waals surface area (Å²) in [6.07, 6.45) is 0.948. The van der Waals surface area contributed by atoms with Crippen LogP contribution >= 0.6 is 11.8 Å². The second kappa shape index (κ2) is 7.04. The van der Waals surface area contributed by atoms with Crippen molar-refractivity contribution in [2.45, 2.75) is 43.7 Å². The molecular weight excluding hydrogens is 230 g/mol. The first-order chi connectivity index (χ1) is 8.08. The molecule has 0 amide bonds. The third-order valence-electron chi connectivity index (χ3n) is 2.90. The Balaban J connectivity index is 2.85. The summed E-state index contributed by atoms with van der Waals surface area (Å²) in [4.78, 5) is 0. The van der Waals surface area contributed by atoms with Crippen molar-refractivity contribution in [3.8, 4) is 0 Å². The summed E-state index contributed by atoms with van der Waals surface area (Å²) >= 11 is 1.76. The number of aliphatic hydroxyl groups is 1. The Labute approximate surface area is 109 Å². The number of rotatable bonds is 6. The van der Waals surface area contributed by atoms with Crippen molar-refractivity contribution in [2.75, 3.05) is 6.61 Å². The molecule has 0 spiro atoms. The van der Waals surface area contributed by atoms with Gasteiger partial charge in [0.15, 0.2) is 0 Å². The monoisotopic (exact) mass is 253 g/mol. The molecule has 0 fully saturated rings. The highest BCUT2D eigenvalue weighted by atomic mass is 32.2. The highest BCUT2D eigenvalue weighted by Crippen LogP contribution is 2.35. The van der Waals surface area contributed by atoms with Crippen molar-refractivity contribution in [2.24, 2.45) is 5.73 Å². The standard InChI is InChI=1S/C14H23NOS/c1-4-13(15)14(17-11(3)9-16)12-7-5-10(2)6-8-12/h5-8,11,13-14,16H,4,9,15H2,1-3H3. The highest BCUT2D eigenvalue weighted by Gasteiger charge is 2.21. The van der Waals surface area contributed by atoms with Gasteiger partial charge in [-0.05, 0) is 18.9 Å². The SMILES string of the molecule is CCC(N)C(SC(C)CO)c1ccc(C)cc1. The molecule has 3 heteroatoms. The summed E-state index contributed by atoms with van der Waals surface area (Å²) in [6, 6.07) is 8.67. The summed E-state index contributed by atoms with van der Waals surface area (Å²) in [5, 5.41) is 9.66. The lowest BCUT2D eigenvalue weighted by atomic mass is 10.0. The Hall–Kier alpha value is -0.510. The van der Waals surface area contributed by atoms with Crippen LogP contribution in [0.25, 0.3) is 0 Å². The van der Waals surface area contributed by atoms with E-state index in [1.807, 2.05) is 6.92 Å². The molecule has 0 saturated carbocycles. The molecule has 0 aliphatic heterocycles. The summed E-state index contributed by atoms with van der Waals surface area (Å²) in [6.45, 7) is 6.43. The van der Waals surface area contributed by atoms with E-state index in [2.05, 4.69) is 38.1 Å². The zero-order chi connectivity index (χ0) is 12.8. The van der Waals surface area contributed by atoms with E-state index in [-0.39, 0.29) is 23.1 Å². The molecule has 0 radical (unpaired) electrons. The normalized spacial score (nSPS) is 16.5. The van der Waals surface area contributed by atoms with E-state index >= 15 is 0 Å². The van der Waals surface area contributed by atoms with Crippen LogP contribution in [-0.2, 0) is 0 Å². The van der Waals surface area contributed by atoms with Crippen LogP contribution in [0.2, 0.25) is 0 Å². The van der Waals surface area contributed by atoms with Crippen LogP contribution < -0.4 is 5.73 Å². The second-order valence-corrected chi connectivity index (χ2v) is 6.12. The number of hydrogen-bond acceptors (Lipinski definition) is 3. The summed E-state index contributed by atoms with van der Waals surface area (Å²) in [5.41, 5.74) is 8.71. The van der Waals surface area contributed by atoms with E-state index in [0.29, 0.717) is 0 Å². The van der Waals surface area contributed by atoms with Gasteiger partial charge >= 0.3 is 0 Å². The maximum absolute atomic E-state index is 9.17. The average Bonchev–Trinajstić information content (AvgIpc) is 2.36. The van der Waals surface area contributed by atoms with Gasteiger partial charge in [0.05, 0.1) is 6.61 Å². The predicted molar refractivity (Wildman–Crippen MR) is 76.3 cm³/mol. The topological polar surface area (TPSA) is 46.2 Å². The molecule has 1 aromatic rings. The summed E-state index contributed by atoms with van der Waals surface area (Å²) in [5.74, 6) is 0. The molecular formula is C14H23NOS. The number of nitrogens with two attached hydrogens (primary N) is 1. The Morgan fingerprint density at radius 2 is 1.88 bits per heavy atom. The van der Waals surface area contributed by atoms with Gasteiger partial charge in [-0.25, -0.2) is 0 Å². The van der Waals surface area contributed by atoms with Gasteiger partial charge < -0.3 is 10.8 Å². The minimum Gasteiger partial charge on any atom is -0.395 e. The van der Waals surface area contributed by atoms with Crippen LogP contribution in [0.3, 0.4) is 0 Å². The van der Waals surface area contributed by atoms with Crippen molar-refractivity contribution < 1.29 is 5.11 Å². The molecule has 1 rings (SSSR count). The van der Waals surface area contributed by atoms with Gasteiger partial charge in [0.25, 0.3) is 0 Å². The first kappa shape index (κ1) is 14.6. The molecule has 0 saturated heterocycles. The summed E-state index contributed by atoms with van der Waals surface area (Å²) in [7, 11) is 0. The van der Waals surface area contributed by atoms with Crippen molar-refractivity contribution in [3.05, 3.63) is 35.4 Å². The van der Waals surface area contributed by atoms with Gasteiger partial charge in [-0.3, -0.25) is 0 Å². The van der Waals surface area contributed by atoms with Gasteiger partial charge in [0.2, 0.25) is 0 Å². The van der Waals surface area contributed by atoms with Crippen molar-refractivity contribution >= 4 is 11.8 Å². The van der Waals surface area contributed by atoms with E-state index in [9.17, 15) is 0 Å². The zero-order valence-corrected chi connectivity index (χ0v) is 11.7. The number of aryl methyl sites for hydroxylation is 1. The quantitative estimate of drug-likeness (QED) is 0.819. The fraction of sp³-hybridized carbons (Fsp3) is 0.571. The van der Waals surface area contributed by atoms with Crippen LogP contribution in [0.1, 0.15) is 36.6 Å². The van der Waals surface area contributed by atoms with Gasteiger partial charge in [0, 0.05) is 16.5 Å². The molecule has 0 heterocycles. The largest absolute Gasteiger partial charge is 0.395 e. The van der Waals surface area contributed by atoms with E-state index in [1.54, 1.807) is 11.8 Å². The fourth-order valence-electron chi connectivity index (χ4n) is 1.69. The van der Waals surface area contributed by atoms with Crippen molar-refractivity contribution in [1.29, 1.82) is 0 Å². The van der Waals surface area contributed by atoms with Crippen molar-refractivity contribution in [3.63, 3.8) is 0 Å². The highest BCUT2D eigenvalue weighted by molar-refractivity contribution is 8.00. The van der Waals surface area contributed by atoms with Crippen LogP contribution in [0.5, 0.6) is 0 Å². The van der Waals surface area contributed by atoms with Gasteiger partial charge in [-0.2, -0.15) is 0 Å². The molecule has 0 aliphatic carbocycles. The van der Waals surface area contributed by atoms with Crippen molar-refractivity contribution in [1.82, 2.24) is 0 Å². The molecule has 0 aromatic heterocycles. The molecule has 2 nitrogen and oxygen atoms in total. The third-order valence-corrected chi connectivity index (χ3v) is 4.43. The minimum absolute atomic E-state index is 0.136. The van der Waals surface area contributed by atoms with Crippen LogP contribution in [0.4, 0.5) is 0 Å². The third kappa shape index (κ3) is 4.34. The smallest absolute Gasteiger partial charge is 0.0547 e. The zero-order valence-electron chi connectivity index (χ0n) is 10.9. The molecule has 3 atom stereocenters. The minimum atomic E-state index is 0.136. The average molecular weight is 253 g/mol. The second-order valence-electron chi connectivity index (χ2n) is 4.53. The van der Waals surface area contributed by atoms with E-state index in [0.717, 1.165) is 6.42 Å². The molecule has 0 bridgehead atoms. The Bertz CT molecular complexity index is 325. The first-order valence-corrected chi connectivity index (χ1v) is 7.11. The number of thioether (sulfide) groups is 1. The number of benzene rings is 1. The molecule has 3 unspecified atom stereocenters. The lowest BCUT2D eigenvalue weighted by molar-refractivity contribution is 0.299. The van der Waals surface area contributed by atoms with E-state index < -0.39 is 0 Å². The maximum Gasteiger partial charge on any atom is 0.0547 e.